The lowest BCUT2D eigenvalue weighted by Gasteiger charge is -2.27. The van der Waals surface area contributed by atoms with Gasteiger partial charge in [-0.25, -0.2) is 4.39 Å². The first-order valence-corrected chi connectivity index (χ1v) is 6.88. The maximum Gasteiger partial charge on any atom is 0.143 e. The lowest BCUT2D eigenvalue weighted by Crippen LogP contribution is -2.28. The molecule has 1 fully saturated rings. The Kier molecular flexibility index (Phi) is 4.00. The fraction of sp³-hybridized carbons (Fsp3) is 0.571. The zero-order valence-corrected chi connectivity index (χ0v) is 11.7. The third-order valence-electron chi connectivity index (χ3n) is 3.31. The van der Waals surface area contributed by atoms with Gasteiger partial charge in [0, 0.05) is 18.7 Å². The highest BCUT2D eigenvalue weighted by Gasteiger charge is 2.30. The minimum absolute atomic E-state index is 0.148. The summed E-state index contributed by atoms with van der Waals surface area (Å²) in [5, 5.41) is 0.148. The quantitative estimate of drug-likeness (QED) is 0.817. The van der Waals surface area contributed by atoms with Gasteiger partial charge < -0.3 is 10.6 Å². The van der Waals surface area contributed by atoms with Crippen LogP contribution in [-0.2, 0) is 0 Å². The van der Waals surface area contributed by atoms with Gasteiger partial charge in [0.2, 0.25) is 0 Å². The minimum Gasteiger partial charge on any atom is -0.397 e. The number of halogens is 2. The Morgan fingerprint density at radius 1 is 1.44 bits per heavy atom. The van der Waals surface area contributed by atoms with Crippen molar-refractivity contribution in [3.05, 3.63) is 23.0 Å². The van der Waals surface area contributed by atoms with E-state index in [1.807, 2.05) is 0 Å². The molecule has 0 spiro atoms. The summed E-state index contributed by atoms with van der Waals surface area (Å²) in [6, 6.07) is 3.53. The van der Waals surface area contributed by atoms with Crippen LogP contribution in [0.15, 0.2) is 12.1 Å². The Hall–Kier alpha value is -0.960. The molecule has 100 valence electrons. The van der Waals surface area contributed by atoms with Gasteiger partial charge in [0.15, 0.2) is 0 Å². The normalized spacial score (nSPS) is 15.2. The number of nitrogen functional groups attached to an aromatic ring is 1. The first kappa shape index (κ1) is 13.5. The second kappa shape index (κ2) is 5.35. The highest BCUT2D eigenvalue weighted by Crippen LogP contribution is 2.37. The van der Waals surface area contributed by atoms with Crippen molar-refractivity contribution in [3.63, 3.8) is 0 Å². The second-order valence-corrected chi connectivity index (χ2v) is 5.84. The largest absolute Gasteiger partial charge is 0.397 e. The molecule has 0 heterocycles. The van der Waals surface area contributed by atoms with E-state index >= 15 is 0 Å². The van der Waals surface area contributed by atoms with Crippen LogP contribution in [0.5, 0.6) is 0 Å². The number of hydrogen-bond acceptors (Lipinski definition) is 2. The summed E-state index contributed by atoms with van der Waals surface area (Å²) in [6.07, 6.45) is 3.48. The minimum atomic E-state index is -0.447. The smallest absolute Gasteiger partial charge is 0.143 e. The summed E-state index contributed by atoms with van der Waals surface area (Å²) in [7, 11) is 0. The molecule has 1 aliphatic rings. The fourth-order valence-electron chi connectivity index (χ4n) is 2.08. The molecule has 0 aliphatic heterocycles. The van der Waals surface area contributed by atoms with Crippen molar-refractivity contribution in [2.75, 3.05) is 17.2 Å². The van der Waals surface area contributed by atoms with Gasteiger partial charge in [-0.05, 0) is 31.2 Å². The summed E-state index contributed by atoms with van der Waals surface area (Å²) in [4.78, 5) is 2.28. The van der Waals surface area contributed by atoms with Crippen LogP contribution in [0.4, 0.5) is 15.8 Å². The molecular weight excluding hydrogens is 251 g/mol. The standard InChI is InChI=1S/C14H20ClFN2/c1-9(2)5-6-18(10-3-4-10)14-7-11(15)12(16)8-13(14)17/h7-10H,3-6,17H2,1-2H3. The monoisotopic (exact) mass is 270 g/mol. The van der Waals surface area contributed by atoms with Gasteiger partial charge in [-0.3, -0.25) is 0 Å². The first-order chi connectivity index (χ1) is 8.49. The van der Waals surface area contributed by atoms with Crippen molar-refractivity contribution in [3.8, 4) is 0 Å². The third-order valence-corrected chi connectivity index (χ3v) is 3.60. The van der Waals surface area contributed by atoms with E-state index in [1.165, 1.54) is 18.9 Å². The Morgan fingerprint density at radius 2 is 2.11 bits per heavy atom. The van der Waals surface area contributed by atoms with Crippen LogP contribution in [0.1, 0.15) is 33.1 Å². The van der Waals surface area contributed by atoms with Gasteiger partial charge in [0.1, 0.15) is 5.82 Å². The van der Waals surface area contributed by atoms with Crippen LogP contribution >= 0.6 is 11.6 Å². The van der Waals surface area contributed by atoms with Crippen molar-refractivity contribution < 1.29 is 4.39 Å². The molecule has 0 bridgehead atoms. The van der Waals surface area contributed by atoms with Gasteiger partial charge in [0.05, 0.1) is 16.4 Å². The van der Waals surface area contributed by atoms with E-state index in [9.17, 15) is 4.39 Å². The molecule has 18 heavy (non-hydrogen) atoms. The van der Waals surface area contributed by atoms with Crippen molar-refractivity contribution in [2.24, 2.45) is 5.92 Å². The summed E-state index contributed by atoms with van der Waals surface area (Å²) in [6.45, 7) is 5.35. The molecular formula is C14H20ClFN2. The number of rotatable bonds is 5. The van der Waals surface area contributed by atoms with Crippen LogP contribution < -0.4 is 10.6 Å². The van der Waals surface area contributed by atoms with Gasteiger partial charge in [-0.2, -0.15) is 0 Å². The van der Waals surface area contributed by atoms with Gasteiger partial charge in [-0.15, -0.1) is 0 Å². The average molecular weight is 271 g/mol. The molecule has 0 atom stereocenters. The molecule has 0 amide bonds. The number of hydrogen-bond donors (Lipinski definition) is 1. The molecule has 0 radical (unpaired) electrons. The predicted octanol–water partition coefficient (Wildman–Crippen LogP) is 4.08. The van der Waals surface area contributed by atoms with Gasteiger partial charge >= 0.3 is 0 Å². The Labute approximate surface area is 113 Å². The lowest BCUT2D eigenvalue weighted by molar-refractivity contribution is 0.570. The maximum absolute atomic E-state index is 13.3. The zero-order valence-electron chi connectivity index (χ0n) is 10.9. The zero-order chi connectivity index (χ0) is 13.3. The highest BCUT2D eigenvalue weighted by atomic mass is 35.5. The number of anilines is 2. The number of nitrogens with two attached hydrogens (primary N) is 1. The summed E-state index contributed by atoms with van der Waals surface area (Å²) >= 11 is 5.86. The highest BCUT2D eigenvalue weighted by molar-refractivity contribution is 6.31. The van der Waals surface area contributed by atoms with E-state index in [0.29, 0.717) is 17.6 Å². The maximum atomic E-state index is 13.3. The SMILES string of the molecule is CC(C)CCN(c1cc(Cl)c(F)cc1N)C1CC1. The van der Waals surface area contributed by atoms with E-state index in [-0.39, 0.29) is 5.02 Å². The predicted molar refractivity (Wildman–Crippen MR) is 75.6 cm³/mol. The Bertz CT molecular complexity index is 430. The van der Waals surface area contributed by atoms with E-state index in [4.69, 9.17) is 17.3 Å². The molecule has 2 nitrogen and oxygen atoms in total. The Morgan fingerprint density at radius 3 is 2.67 bits per heavy atom. The molecule has 0 unspecified atom stereocenters. The van der Waals surface area contributed by atoms with Gasteiger partial charge in [-0.1, -0.05) is 25.4 Å². The average Bonchev–Trinajstić information content (AvgIpc) is 3.09. The van der Waals surface area contributed by atoms with Gasteiger partial charge in [0.25, 0.3) is 0 Å². The van der Waals surface area contributed by atoms with Crippen molar-refractivity contribution in [1.29, 1.82) is 0 Å². The second-order valence-electron chi connectivity index (χ2n) is 5.43. The summed E-state index contributed by atoms with van der Waals surface area (Å²) < 4.78 is 13.3. The van der Waals surface area contributed by atoms with E-state index in [1.54, 1.807) is 6.07 Å². The number of nitrogens with zero attached hydrogens (tertiary/aromatic N) is 1. The summed E-state index contributed by atoms with van der Waals surface area (Å²) in [5.41, 5.74) is 7.28. The van der Waals surface area contributed by atoms with Crippen molar-refractivity contribution >= 4 is 23.0 Å². The van der Waals surface area contributed by atoms with Crippen molar-refractivity contribution in [1.82, 2.24) is 0 Å². The molecule has 1 aromatic carbocycles. The Balaban J connectivity index is 2.22. The van der Waals surface area contributed by atoms with E-state index < -0.39 is 5.82 Å². The van der Waals surface area contributed by atoms with Crippen molar-refractivity contribution in [2.45, 2.75) is 39.2 Å². The molecule has 2 rings (SSSR count). The molecule has 0 saturated heterocycles. The lowest BCUT2D eigenvalue weighted by atomic mass is 10.1. The molecule has 4 heteroatoms. The molecule has 1 aromatic rings. The van der Waals surface area contributed by atoms with E-state index in [0.717, 1.165) is 18.7 Å². The van der Waals surface area contributed by atoms with Crippen LogP contribution in [0, 0.1) is 11.7 Å². The van der Waals surface area contributed by atoms with E-state index in [2.05, 4.69) is 18.7 Å². The molecule has 2 N–H and O–H groups in total. The fourth-order valence-corrected chi connectivity index (χ4v) is 2.24. The van der Waals surface area contributed by atoms with Crippen LogP contribution in [0.2, 0.25) is 5.02 Å². The third kappa shape index (κ3) is 3.08. The molecule has 1 aliphatic carbocycles. The van der Waals surface area contributed by atoms with Crippen LogP contribution in [0.25, 0.3) is 0 Å². The first-order valence-electron chi connectivity index (χ1n) is 6.50. The topological polar surface area (TPSA) is 29.3 Å². The van der Waals surface area contributed by atoms with Crippen LogP contribution in [-0.4, -0.2) is 12.6 Å². The molecule has 1 saturated carbocycles. The van der Waals surface area contributed by atoms with Crippen LogP contribution in [0.3, 0.4) is 0 Å². The summed E-state index contributed by atoms with van der Waals surface area (Å²) in [5.74, 6) is 0.195. The number of benzene rings is 1. The molecule has 0 aromatic heterocycles.